The quantitative estimate of drug-likeness (QED) is 0.846. The Kier molecular flexibility index (Phi) is 4.80. The number of nitrogens with one attached hydrogen (secondary N) is 2. The summed E-state index contributed by atoms with van der Waals surface area (Å²) in [6, 6.07) is 8.53. The summed E-state index contributed by atoms with van der Waals surface area (Å²) < 4.78 is 5.28. The van der Waals surface area contributed by atoms with E-state index in [1.54, 1.807) is 19.2 Å². The second-order valence-electron chi connectivity index (χ2n) is 5.87. The molecular formula is C18H20N4O2. The Bertz CT molecular complexity index is 776. The van der Waals surface area contributed by atoms with Crippen molar-refractivity contribution in [1.29, 1.82) is 5.26 Å². The monoisotopic (exact) mass is 324 g/mol. The van der Waals surface area contributed by atoms with E-state index in [2.05, 4.69) is 21.6 Å². The number of ether oxygens (including phenoxy) is 1. The maximum absolute atomic E-state index is 12.6. The van der Waals surface area contributed by atoms with Gasteiger partial charge in [0, 0.05) is 16.8 Å². The van der Waals surface area contributed by atoms with Crippen LogP contribution >= 0.6 is 0 Å². The van der Waals surface area contributed by atoms with Crippen LogP contribution < -0.4 is 10.1 Å². The van der Waals surface area contributed by atoms with Crippen LogP contribution in [-0.2, 0) is 12.8 Å². The number of para-hydroxylation sites is 1. The number of aromatic nitrogens is 2. The number of aryl methyl sites for hydroxylation is 1. The molecule has 124 valence electrons. The molecule has 1 aliphatic carbocycles. The van der Waals surface area contributed by atoms with Crippen LogP contribution in [0, 0.1) is 11.3 Å². The zero-order chi connectivity index (χ0) is 16.9. The molecule has 2 N–H and O–H groups in total. The van der Waals surface area contributed by atoms with Gasteiger partial charge in [-0.15, -0.1) is 0 Å². The molecule has 1 aromatic heterocycles. The van der Waals surface area contributed by atoms with Gasteiger partial charge in [0.25, 0.3) is 5.91 Å². The number of nitrogens with zero attached hydrogens (tertiary/aromatic N) is 2. The lowest BCUT2D eigenvalue weighted by molar-refractivity contribution is 0.0939. The Morgan fingerprint density at radius 3 is 2.92 bits per heavy atom. The Morgan fingerprint density at radius 1 is 1.33 bits per heavy atom. The zero-order valence-corrected chi connectivity index (χ0v) is 13.6. The first-order valence-electron chi connectivity index (χ1n) is 8.14. The van der Waals surface area contributed by atoms with Gasteiger partial charge < -0.3 is 10.1 Å². The summed E-state index contributed by atoms with van der Waals surface area (Å²) in [5.41, 5.74) is 3.07. The lowest BCUT2D eigenvalue weighted by Gasteiger charge is -2.15. The van der Waals surface area contributed by atoms with E-state index in [4.69, 9.17) is 4.74 Å². The van der Waals surface area contributed by atoms with Crippen molar-refractivity contribution < 1.29 is 9.53 Å². The van der Waals surface area contributed by atoms with Crippen molar-refractivity contribution in [2.45, 2.75) is 38.1 Å². The minimum absolute atomic E-state index is 0.327. The molecule has 0 saturated carbocycles. The number of rotatable bonds is 4. The van der Waals surface area contributed by atoms with Crippen molar-refractivity contribution in [3.63, 3.8) is 0 Å². The molecule has 1 amide bonds. The van der Waals surface area contributed by atoms with Gasteiger partial charge in [-0.3, -0.25) is 9.89 Å². The van der Waals surface area contributed by atoms with Gasteiger partial charge in [0.2, 0.25) is 0 Å². The third kappa shape index (κ3) is 3.11. The van der Waals surface area contributed by atoms with E-state index < -0.39 is 6.04 Å². The molecule has 0 saturated heterocycles. The molecule has 1 aromatic carbocycles. The summed E-state index contributed by atoms with van der Waals surface area (Å²) >= 11 is 0. The number of nitriles is 1. The van der Waals surface area contributed by atoms with Crippen LogP contribution in [0.15, 0.2) is 24.3 Å². The molecular weight excluding hydrogens is 304 g/mol. The molecule has 1 heterocycles. The molecule has 1 atom stereocenters. The molecule has 1 aliphatic rings. The van der Waals surface area contributed by atoms with Crippen molar-refractivity contribution in [3.8, 4) is 11.8 Å². The highest BCUT2D eigenvalue weighted by molar-refractivity contribution is 5.94. The molecule has 0 fully saturated rings. The number of carbonyl (C=O) groups excluding carboxylic acids is 1. The number of fused-ring (bicyclic) bond motifs is 1. The van der Waals surface area contributed by atoms with E-state index in [1.165, 1.54) is 0 Å². The third-order valence-electron chi connectivity index (χ3n) is 4.38. The van der Waals surface area contributed by atoms with Crippen molar-refractivity contribution in [2.75, 3.05) is 7.11 Å². The Balaban J connectivity index is 1.83. The minimum Gasteiger partial charge on any atom is -0.496 e. The second-order valence-corrected chi connectivity index (χ2v) is 5.87. The van der Waals surface area contributed by atoms with Gasteiger partial charge in [-0.1, -0.05) is 24.6 Å². The van der Waals surface area contributed by atoms with E-state index in [0.717, 1.165) is 43.4 Å². The first-order chi connectivity index (χ1) is 11.7. The zero-order valence-electron chi connectivity index (χ0n) is 13.6. The number of H-pyrrole nitrogens is 1. The molecule has 0 radical (unpaired) electrons. The fourth-order valence-electron chi connectivity index (χ4n) is 3.13. The number of aromatic amines is 1. The average Bonchev–Trinajstić information content (AvgIpc) is 2.88. The number of methoxy groups -OCH3 is 1. The predicted molar refractivity (Wildman–Crippen MR) is 88.7 cm³/mol. The molecule has 3 rings (SSSR count). The normalized spacial score (nSPS) is 14.8. The molecule has 6 heteroatoms. The van der Waals surface area contributed by atoms with Gasteiger partial charge in [0.1, 0.15) is 11.8 Å². The van der Waals surface area contributed by atoms with E-state index in [9.17, 15) is 10.1 Å². The number of carbonyl (C=O) groups is 1. The van der Waals surface area contributed by atoms with Crippen molar-refractivity contribution in [3.05, 3.63) is 46.8 Å². The van der Waals surface area contributed by atoms with Gasteiger partial charge in [-0.25, -0.2) is 0 Å². The smallest absolute Gasteiger partial charge is 0.273 e. The van der Waals surface area contributed by atoms with Crippen molar-refractivity contribution in [1.82, 2.24) is 15.5 Å². The number of amides is 1. The average molecular weight is 324 g/mol. The highest BCUT2D eigenvalue weighted by Crippen LogP contribution is 2.26. The lowest BCUT2D eigenvalue weighted by Crippen LogP contribution is -2.29. The highest BCUT2D eigenvalue weighted by atomic mass is 16.5. The van der Waals surface area contributed by atoms with Gasteiger partial charge in [-0.2, -0.15) is 10.4 Å². The molecule has 2 aromatic rings. The lowest BCUT2D eigenvalue weighted by atomic mass is 10.0. The van der Waals surface area contributed by atoms with Gasteiger partial charge in [-0.05, 0) is 31.7 Å². The largest absolute Gasteiger partial charge is 0.496 e. The first kappa shape index (κ1) is 16.1. The molecule has 0 bridgehead atoms. The van der Waals surface area contributed by atoms with Crippen molar-refractivity contribution in [2.24, 2.45) is 0 Å². The van der Waals surface area contributed by atoms with Crippen LogP contribution in [0.25, 0.3) is 0 Å². The number of hydrogen-bond donors (Lipinski definition) is 2. The van der Waals surface area contributed by atoms with Crippen LogP contribution in [0.2, 0.25) is 0 Å². The third-order valence-corrected chi connectivity index (χ3v) is 4.38. The maximum Gasteiger partial charge on any atom is 0.273 e. The van der Waals surface area contributed by atoms with Crippen LogP contribution in [0.1, 0.15) is 52.6 Å². The summed E-state index contributed by atoms with van der Waals surface area (Å²) in [6.45, 7) is 0. The molecule has 0 spiro atoms. The van der Waals surface area contributed by atoms with Crippen LogP contribution in [-0.4, -0.2) is 23.2 Å². The fourth-order valence-corrected chi connectivity index (χ4v) is 3.13. The molecule has 6 nitrogen and oxygen atoms in total. The minimum atomic E-state index is -0.785. The number of hydrogen-bond acceptors (Lipinski definition) is 4. The summed E-state index contributed by atoms with van der Waals surface area (Å²) in [7, 11) is 1.54. The topological polar surface area (TPSA) is 90.8 Å². The van der Waals surface area contributed by atoms with E-state index in [1.807, 2.05) is 12.1 Å². The molecule has 0 aliphatic heterocycles. The van der Waals surface area contributed by atoms with Gasteiger partial charge in [0.15, 0.2) is 5.69 Å². The van der Waals surface area contributed by atoms with E-state index in [0.29, 0.717) is 17.0 Å². The predicted octanol–water partition coefficient (Wildman–Crippen LogP) is 2.68. The molecule has 0 unspecified atom stereocenters. The van der Waals surface area contributed by atoms with Gasteiger partial charge >= 0.3 is 0 Å². The van der Waals surface area contributed by atoms with Crippen LogP contribution in [0.5, 0.6) is 5.75 Å². The van der Waals surface area contributed by atoms with Crippen molar-refractivity contribution >= 4 is 5.91 Å². The Morgan fingerprint density at radius 2 is 2.12 bits per heavy atom. The van der Waals surface area contributed by atoms with Crippen LogP contribution in [0.3, 0.4) is 0 Å². The Labute approximate surface area is 140 Å². The fraction of sp³-hybridized carbons (Fsp3) is 0.389. The summed E-state index contributed by atoms with van der Waals surface area (Å²) in [6.07, 6.45) is 5.09. The first-order valence-corrected chi connectivity index (χ1v) is 8.14. The summed E-state index contributed by atoms with van der Waals surface area (Å²) in [4.78, 5) is 12.6. The van der Waals surface area contributed by atoms with Gasteiger partial charge in [0.05, 0.1) is 13.2 Å². The summed E-state index contributed by atoms with van der Waals surface area (Å²) in [5, 5.41) is 19.4. The van der Waals surface area contributed by atoms with E-state index >= 15 is 0 Å². The standard InChI is InChI=1S/C18H20N4O2/c1-24-16-10-6-5-7-12(16)15(11-19)20-18(23)17-13-8-3-2-4-9-14(13)21-22-17/h5-7,10,15H,2-4,8-9H2,1H3,(H,20,23)(H,21,22)/t15-/m1/s1. The Hall–Kier alpha value is -2.81. The summed E-state index contributed by atoms with van der Waals surface area (Å²) in [5.74, 6) is 0.247. The molecule has 24 heavy (non-hydrogen) atoms. The maximum atomic E-state index is 12.6. The second kappa shape index (κ2) is 7.18. The van der Waals surface area contributed by atoms with E-state index in [-0.39, 0.29) is 5.91 Å². The SMILES string of the molecule is COc1ccccc1[C@@H](C#N)NC(=O)c1n[nH]c2c1CCCCC2. The van der Waals surface area contributed by atoms with Crippen LogP contribution in [0.4, 0.5) is 0 Å². The highest BCUT2D eigenvalue weighted by Gasteiger charge is 2.24. The number of benzene rings is 1.